The quantitative estimate of drug-likeness (QED) is 0.269. The highest BCUT2D eigenvalue weighted by molar-refractivity contribution is 6.36. The van der Waals surface area contributed by atoms with Crippen LogP contribution in [0.4, 0.5) is 5.82 Å². The Bertz CT molecular complexity index is 1680. The Hall–Kier alpha value is -3.75. The number of nitrogens with zero attached hydrogens (tertiary/aromatic N) is 6. The van der Waals surface area contributed by atoms with Gasteiger partial charge in [0.25, 0.3) is 0 Å². The first-order valence-corrected chi connectivity index (χ1v) is 15.3. The summed E-state index contributed by atoms with van der Waals surface area (Å²) in [5.41, 5.74) is 2.42. The largest absolute Gasteiger partial charge is 0.461 e. The van der Waals surface area contributed by atoms with Gasteiger partial charge in [0.15, 0.2) is 5.65 Å². The Morgan fingerprint density at radius 2 is 1.83 bits per heavy atom. The number of benzene rings is 2. The van der Waals surface area contributed by atoms with E-state index in [1.165, 1.54) is 18.9 Å². The van der Waals surface area contributed by atoms with E-state index in [0.717, 1.165) is 59.2 Å². The number of fused-ring (bicyclic) bond motifs is 3. The summed E-state index contributed by atoms with van der Waals surface area (Å²) in [6.07, 6.45) is 6.09. The number of carbonyl (C=O) groups excluding carboxylic acids is 1. The molecule has 3 saturated heterocycles. The van der Waals surface area contributed by atoms with E-state index >= 15 is 0 Å². The number of rotatable bonds is 6. The molecule has 5 heterocycles. The van der Waals surface area contributed by atoms with E-state index in [1.807, 2.05) is 35.2 Å². The summed E-state index contributed by atoms with van der Waals surface area (Å²) in [6, 6.07) is 16.5. The molecule has 1 amide bonds. The van der Waals surface area contributed by atoms with Crippen molar-refractivity contribution in [2.75, 3.05) is 44.2 Å². The van der Waals surface area contributed by atoms with Crippen LogP contribution in [0, 0.1) is 0 Å². The van der Waals surface area contributed by atoms with Gasteiger partial charge in [-0.2, -0.15) is 9.97 Å². The van der Waals surface area contributed by atoms with Crippen LogP contribution in [-0.4, -0.2) is 81.6 Å². The number of ether oxygens (including phenoxy) is 1. The number of aromatic nitrogens is 3. The third kappa shape index (κ3) is 4.67. The maximum Gasteiger partial charge on any atom is 0.320 e. The number of pyridine rings is 1. The third-order valence-corrected chi connectivity index (χ3v) is 9.63. The van der Waals surface area contributed by atoms with E-state index < -0.39 is 0 Å². The average Bonchev–Trinajstić information content (AvgIpc) is 3.59. The molecule has 0 aliphatic carbocycles. The second-order valence-corrected chi connectivity index (χ2v) is 12.2. The lowest BCUT2D eigenvalue weighted by Crippen LogP contribution is -2.53. The number of halogens is 1. The Morgan fingerprint density at radius 3 is 2.60 bits per heavy atom. The molecule has 0 saturated carbocycles. The van der Waals surface area contributed by atoms with Crippen LogP contribution in [0.15, 0.2) is 61.2 Å². The van der Waals surface area contributed by atoms with Crippen LogP contribution >= 0.6 is 11.6 Å². The first-order chi connectivity index (χ1) is 20.5. The number of piperazine rings is 1. The lowest BCUT2D eigenvalue weighted by molar-refractivity contribution is -0.126. The van der Waals surface area contributed by atoms with Gasteiger partial charge in [-0.15, -0.1) is 0 Å². The monoisotopic (exact) mass is 582 g/mol. The van der Waals surface area contributed by atoms with Crippen molar-refractivity contribution in [3.8, 4) is 17.3 Å². The fraction of sp³-hybridized carbons (Fsp3) is 0.394. The van der Waals surface area contributed by atoms with Crippen molar-refractivity contribution in [1.82, 2.24) is 24.8 Å². The average molecular weight is 583 g/mol. The molecule has 8 nitrogen and oxygen atoms in total. The molecular weight excluding hydrogens is 548 g/mol. The van der Waals surface area contributed by atoms with Crippen molar-refractivity contribution in [3.63, 3.8) is 0 Å². The Morgan fingerprint density at radius 1 is 1.05 bits per heavy atom. The van der Waals surface area contributed by atoms with Crippen LogP contribution in [0.5, 0.6) is 6.01 Å². The van der Waals surface area contributed by atoms with Crippen LogP contribution in [0.3, 0.4) is 0 Å². The highest BCUT2D eigenvalue weighted by Crippen LogP contribution is 2.40. The van der Waals surface area contributed by atoms with Crippen LogP contribution in [-0.2, 0) is 4.79 Å². The van der Waals surface area contributed by atoms with Crippen molar-refractivity contribution in [2.24, 2.45) is 0 Å². The predicted molar refractivity (Wildman–Crippen MR) is 167 cm³/mol. The topological polar surface area (TPSA) is 74.7 Å². The Kier molecular flexibility index (Phi) is 6.98. The second-order valence-electron chi connectivity index (χ2n) is 11.8. The molecule has 0 bridgehead atoms. The molecule has 0 unspecified atom stereocenters. The van der Waals surface area contributed by atoms with E-state index in [9.17, 15) is 4.79 Å². The SMILES string of the molecule is C=CC(=O)N1CCN(c2nc(OCC34CCCN3CCC4)nc3nc(-c4cccc5cccc(Cl)c45)ccc23)[C@H](C)C1. The molecule has 42 heavy (non-hydrogen) atoms. The Labute approximate surface area is 251 Å². The van der Waals surface area contributed by atoms with Crippen molar-refractivity contribution >= 4 is 45.1 Å². The van der Waals surface area contributed by atoms with Gasteiger partial charge in [0.2, 0.25) is 5.91 Å². The van der Waals surface area contributed by atoms with Crippen molar-refractivity contribution in [3.05, 3.63) is 66.2 Å². The summed E-state index contributed by atoms with van der Waals surface area (Å²) < 4.78 is 6.45. The van der Waals surface area contributed by atoms with Gasteiger partial charge < -0.3 is 14.5 Å². The Balaban J connectivity index is 1.30. The minimum atomic E-state index is -0.0462. The molecule has 3 aliphatic rings. The van der Waals surface area contributed by atoms with Crippen molar-refractivity contribution < 1.29 is 9.53 Å². The molecule has 2 aromatic carbocycles. The second kappa shape index (κ2) is 10.8. The first-order valence-electron chi connectivity index (χ1n) is 14.9. The molecule has 0 spiro atoms. The summed E-state index contributed by atoms with van der Waals surface area (Å²) in [6.45, 7) is 10.4. The van der Waals surface area contributed by atoms with Gasteiger partial charge in [0, 0.05) is 41.6 Å². The van der Waals surface area contributed by atoms with Crippen LogP contribution in [0.1, 0.15) is 32.6 Å². The number of amides is 1. The van der Waals surface area contributed by atoms with Gasteiger partial charge in [-0.25, -0.2) is 4.98 Å². The lowest BCUT2D eigenvalue weighted by atomic mass is 9.95. The first kappa shape index (κ1) is 27.1. The van der Waals surface area contributed by atoms with Gasteiger partial charge >= 0.3 is 6.01 Å². The standard InChI is InChI=1S/C33H35ClN6O2/c1-3-28(41)38-18-19-40(22(2)20-38)31-25-12-13-27(24-10-4-8-23-9-5-11-26(34)29(23)24)35-30(25)36-32(37-31)42-21-33-14-6-16-39(33)17-7-15-33/h3-5,8-13,22H,1,6-7,14-21H2,2H3/t22-/m1/s1. The van der Waals surface area contributed by atoms with E-state index in [4.69, 9.17) is 31.3 Å². The fourth-order valence-corrected chi connectivity index (χ4v) is 7.46. The molecule has 0 N–H and O–H groups in total. The number of carbonyl (C=O) groups is 1. The van der Waals surface area contributed by atoms with Gasteiger partial charge in [-0.3, -0.25) is 9.69 Å². The predicted octanol–water partition coefficient (Wildman–Crippen LogP) is 5.73. The van der Waals surface area contributed by atoms with Gasteiger partial charge in [-0.05, 0) is 75.4 Å². The third-order valence-electron chi connectivity index (χ3n) is 9.32. The zero-order valence-corrected chi connectivity index (χ0v) is 24.7. The van der Waals surface area contributed by atoms with Gasteiger partial charge in [-0.1, -0.05) is 48.5 Å². The highest BCUT2D eigenvalue weighted by Gasteiger charge is 2.45. The summed E-state index contributed by atoms with van der Waals surface area (Å²) in [5, 5.41) is 3.58. The van der Waals surface area contributed by atoms with E-state index in [2.05, 4.69) is 41.5 Å². The maximum atomic E-state index is 12.3. The number of hydrogen-bond donors (Lipinski definition) is 0. The fourth-order valence-electron chi connectivity index (χ4n) is 7.18. The van der Waals surface area contributed by atoms with Crippen molar-refractivity contribution in [2.45, 2.75) is 44.2 Å². The summed E-state index contributed by atoms with van der Waals surface area (Å²) >= 11 is 6.67. The number of hydrogen-bond acceptors (Lipinski definition) is 7. The zero-order valence-electron chi connectivity index (χ0n) is 23.9. The van der Waals surface area contributed by atoms with Crippen LogP contribution < -0.4 is 9.64 Å². The molecule has 4 aromatic rings. The minimum absolute atomic E-state index is 0.0453. The highest BCUT2D eigenvalue weighted by atomic mass is 35.5. The molecule has 3 aliphatic heterocycles. The molecular formula is C33H35ClN6O2. The summed E-state index contributed by atoms with van der Waals surface area (Å²) in [4.78, 5) is 33.9. The molecule has 1 atom stereocenters. The molecule has 0 radical (unpaired) electrons. The molecule has 9 heteroatoms. The van der Waals surface area contributed by atoms with Crippen LogP contribution in [0.2, 0.25) is 5.02 Å². The van der Waals surface area contributed by atoms with E-state index in [-0.39, 0.29) is 17.5 Å². The van der Waals surface area contributed by atoms with Crippen LogP contribution in [0.25, 0.3) is 33.1 Å². The smallest absolute Gasteiger partial charge is 0.320 e. The van der Waals surface area contributed by atoms with Crippen molar-refractivity contribution in [1.29, 1.82) is 0 Å². The molecule has 2 aromatic heterocycles. The zero-order chi connectivity index (χ0) is 28.8. The summed E-state index contributed by atoms with van der Waals surface area (Å²) in [7, 11) is 0. The molecule has 216 valence electrons. The lowest BCUT2D eigenvalue weighted by Gasteiger charge is -2.40. The minimum Gasteiger partial charge on any atom is -0.461 e. The molecule has 7 rings (SSSR count). The maximum absolute atomic E-state index is 12.3. The van der Waals surface area contributed by atoms with Gasteiger partial charge in [0.1, 0.15) is 12.4 Å². The van der Waals surface area contributed by atoms with E-state index in [1.54, 1.807) is 0 Å². The number of anilines is 1. The molecule has 3 fully saturated rings. The summed E-state index contributed by atoms with van der Waals surface area (Å²) in [5.74, 6) is 0.741. The van der Waals surface area contributed by atoms with E-state index in [0.29, 0.717) is 42.9 Å². The van der Waals surface area contributed by atoms with Gasteiger partial charge in [0.05, 0.1) is 16.6 Å². The normalized spacial score (nSPS) is 20.3.